The highest BCUT2D eigenvalue weighted by Gasteiger charge is 2.54. The fraction of sp³-hybridized carbons (Fsp3) is 0.308. The first-order valence-electron chi connectivity index (χ1n) is 4.93. The summed E-state index contributed by atoms with van der Waals surface area (Å²) < 4.78 is 0. The second kappa shape index (κ2) is 3.31. The highest BCUT2D eigenvalue weighted by molar-refractivity contribution is 5.43. The molecule has 1 aromatic carbocycles. The van der Waals surface area contributed by atoms with Crippen molar-refractivity contribution >= 4 is 0 Å². The Balaban J connectivity index is 2.31. The molecule has 0 saturated heterocycles. The SMILES string of the molecule is C/C=C\C1CC1(C#N)c1ccccc1. The summed E-state index contributed by atoms with van der Waals surface area (Å²) in [4.78, 5) is 0. The molecule has 1 aliphatic rings. The van der Waals surface area contributed by atoms with E-state index in [0.29, 0.717) is 5.92 Å². The summed E-state index contributed by atoms with van der Waals surface area (Å²) in [6.07, 6.45) is 5.14. The van der Waals surface area contributed by atoms with Crippen molar-refractivity contribution in [2.24, 2.45) is 5.92 Å². The third-order valence-corrected chi connectivity index (χ3v) is 2.93. The van der Waals surface area contributed by atoms with Crippen LogP contribution in [0.2, 0.25) is 0 Å². The lowest BCUT2D eigenvalue weighted by molar-refractivity contribution is 0.841. The molecule has 1 aromatic rings. The molecular formula is C13H13N. The Morgan fingerprint density at radius 1 is 1.43 bits per heavy atom. The first-order chi connectivity index (χ1) is 6.83. The van der Waals surface area contributed by atoms with Gasteiger partial charge in [-0.25, -0.2) is 0 Å². The van der Waals surface area contributed by atoms with Crippen LogP contribution in [0.15, 0.2) is 42.5 Å². The molecule has 1 aliphatic carbocycles. The summed E-state index contributed by atoms with van der Waals surface area (Å²) in [6, 6.07) is 12.5. The zero-order valence-corrected chi connectivity index (χ0v) is 8.27. The van der Waals surface area contributed by atoms with E-state index in [-0.39, 0.29) is 5.41 Å². The van der Waals surface area contributed by atoms with Crippen LogP contribution in [0.5, 0.6) is 0 Å². The Morgan fingerprint density at radius 2 is 2.14 bits per heavy atom. The number of hydrogen-bond acceptors (Lipinski definition) is 1. The minimum absolute atomic E-state index is 0.228. The minimum atomic E-state index is -0.228. The molecule has 1 fully saturated rings. The largest absolute Gasteiger partial charge is 0.197 e. The van der Waals surface area contributed by atoms with Gasteiger partial charge in [-0.2, -0.15) is 5.26 Å². The average molecular weight is 183 g/mol. The summed E-state index contributed by atoms with van der Waals surface area (Å²) in [5.74, 6) is 0.417. The first kappa shape index (κ1) is 9.02. The highest BCUT2D eigenvalue weighted by Crippen LogP contribution is 2.54. The summed E-state index contributed by atoms with van der Waals surface area (Å²) in [5, 5.41) is 9.22. The van der Waals surface area contributed by atoms with Gasteiger partial charge in [0.05, 0.1) is 11.5 Å². The Hall–Kier alpha value is -1.55. The fourth-order valence-electron chi connectivity index (χ4n) is 2.01. The van der Waals surface area contributed by atoms with Crippen LogP contribution in [-0.4, -0.2) is 0 Å². The van der Waals surface area contributed by atoms with Crippen molar-refractivity contribution in [1.29, 1.82) is 5.26 Å². The second-order valence-corrected chi connectivity index (χ2v) is 3.79. The van der Waals surface area contributed by atoms with Crippen LogP contribution < -0.4 is 0 Å². The van der Waals surface area contributed by atoms with Crippen LogP contribution in [0.3, 0.4) is 0 Å². The molecule has 0 spiro atoms. The van der Waals surface area contributed by atoms with Gasteiger partial charge in [0.1, 0.15) is 0 Å². The molecule has 1 nitrogen and oxygen atoms in total. The number of nitrogens with zero attached hydrogens (tertiary/aromatic N) is 1. The predicted molar refractivity (Wildman–Crippen MR) is 56.7 cm³/mol. The molecule has 2 unspecified atom stereocenters. The van der Waals surface area contributed by atoms with Gasteiger partial charge in [-0.05, 0) is 18.9 Å². The highest BCUT2D eigenvalue weighted by atomic mass is 14.6. The van der Waals surface area contributed by atoms with Gasteiger partial charge in [0.15, 0.2) is 0 Å². The minimum Gasteiger partial charge on any atom is -0.197 e. The van der Waals surface area contributed by atoms with Gasteiger partial charge in [-0.3, -0.25) is 0 Å². The van der Waals surface area contributed by atoms with Crippen molar-refractivity contribution in [1.82, 2.24) is 0 Å². The fourth-order valence-corrected chi connectivity index (χ4v) is 2.01. The van der Waals surface area contributed by atoms with Gasteiger partial charge in [0.25, 0.3) is 0 Å². The maximum absolute atomic E-state index is 9.22. The number of rotatable bonds is 2. The second-order valence-electron chi connectivity index (χ2n) is 3.79. The number of benzene rings is 1. The Morgan fingerprint density at radius 3 is 2.71 bits per heavy atom. The van der Waals surface area contributed by atoms with Crippen LogP contribution in [0.1, 0.15) is 18.9 Å². The van der Waals surface area contributed by atoms with E-state index in [1.807, 2.05) is 43.3 Å². The van der Waals surface area contributed by atoms with Crippen molar-refractivity contribution < 1.29 is 0 Å². The van der Waals surface area contributed by atoms with Gasteiger partial charge >= 0.3 is 0 Å². The maximum Gasteiger partial charge on any atom is 0.0891 e. The monoisotopic (exact) mass is 183 g/mol. The normalized spacial score (nSPS) is 30.1. The van der Waals surface area contributed by atoms with Crippen molar-refractivity contribution in [3.05, 3.63) is 48.0 Å². The molecule has 0 aliphatic heterocycles. The quantitative estimate of drug-likeness (QED) is 0.646. The predicted octanol–water partition coefficient (Wildman–Crippen LogP) is 3.04. The topological polar surface area (TPSA) is 23.8 Å². The third-order valence-electron chi connectivity index (χ3n) is 2.93. The van der Waals surface area contributed by atoms with E-state index in [2.05, 4.69) is 12.1 Å². The van der Waals surface area contributed by atoms with Gasteiger partial charge < -0.3 is 0 Å². The molecule has 0 N–H and O–H groups in total. The van der Waals surface area contributed by atoms with E-state index in [1.165, 1.54) is 0 Å². The zero-order chi connectivity index (χ0) is 10.0. The van der Waals surface area contributed by atoms with Crippen molar-refractivity contribution in [2.45, 2.75) is 18.8 Å². The van der Waals surface area contributed by atoms with Crippen LogP contribution in [0.25, 0.3) is 0 Å². The van der Waals surface area contributed by atoms with E-state index in [0.717, 1.165) is 12.0 Å². The smallest absolute Gasteiger partial charge is 0.0891 e. The van der Waals surface area contributed by atoms with E-state index >= 15 is 0 Å². The zero-order valence-electron chi connectivity index (χ0n) is 8.27. The number of hydrogen-bond donors (Lipinski definition) is 0. The van der Waals surface area contributed by atoms with E-state index in [1.54, 1.807) is 0 Å². The van der Waals surface area contributed by atoms with Crippen LogP contribution in [0, 0.1) is 17.2 Å². The number of allylic oxidation sites excluding steroid dienone is 2. The molecule has 1 heteroatoms. The third kappa shape index (κ3) is 1.24. The van der Waals surface area contributed by atoms with Crippen molar-refractivity contribution in [2.75, 3.05) is 0 Å². The molecule has 70 valence electrons. The molecule has 14 heavy (non-hydrogen) atoms. The van der Waals surface area contributed by atoms with Crippen LogP contribution in [0.4, 0.5) is 0 Å². The summed E-state index contributed by atoms with van der Waals surface area (Å²) in [6.45, 7) is 2.01. The average Bonchev–Trinajstić information content (AvgIpc) is 2.95. The standard InChI is InChI=1S/C13H13N/c1-2-6-12-9-13(12,10-14)11-7-4-3-5-8-11/h2-8,12H,9H2,1H3/b6-2-. The molecule has 2 atom stereocenters. The lowest BCUT2D eigenvalue weighted by atomic mass is 9.95. The first-order valence-corrected chi connectivity index (χ1v) is 4.93. The van der Waals surface area contributed by atoms with E-state index in [4.69, 9.17) is 0 Å². The Bertz CT molecular complexity index is 385. The Kier molecular flexibility index (Phi) is 2.13. The van der Waals surface area contributed by atoms with Gasteiger partial charge in [0.2, 0.25) is 0 Å². The Labute approximate surface area is 84.7 Å². The molecule has 2 rings (SSSR count). The lowest BCUT2D eigenvalue weighted by Gasteiger charge is -2.06. The van der Waals surface area contributed by atoms with Gasteiger partial charge in [-0.15, -0.1) is 0 Å². The molecule has 0 bridgehead atoms. The molecule has 0 heterocycles. The molecule has 0 amide bonds. The van der Waals surface area contributed by atoms with E-state index < -0.39 is 0 Å². The maximum atomic E-state index is 9.22. The van der Waals surface area contributed by atoms with Gasteiger partial charge in [0, 0.05) is 5.92 Å². The molecular weight excluding hydrogens is 170 g/mol. The summed E-state index contributed by atoms with van der Waals surface area (Å²) >= 11 is 0. The van der Waals surface area contributed by atoms with Crippen molar-refractivity contribution in [3.63, 3.8) is 0 Å². The van der Waals surface area contributed by atoms with E-state index in [9.17, 15) is 5.26 Å². The molecule has 1 saturated carbocycles. The molecule has 0 aromatic heterocycles. The van der Waals surface area contributed by atoms with Crippen molar-refractivity contribution in [3.8, 4) is 6.07 Å². The lowest BCUT2D eigenvalue weighted by Crippen LogP contribution is -2.05. The summed E-state index contributed by atoms with van der Waals surface area (Å²) in [5.41, 5.74) is 0.930. The van der Waals surface area contributed by atoms with Crippen LogP contribution >= 0.6 is 0 Å². The molecule has 0 radical (unpaired) electrons. The van der Waals surface area contributed by atoms with Crippen LogP contribution in [-0.2, 0) is 5.41 Å². The number of nitriles is 1. The van der Waals surface area contributed by atoms with Gasteiger partial charge in [-0.1, -0.05) is 42.5 Å². The summed E-state index contributed by atoms with van der Waals surface area (Å²) in [7, 11) is 0.